The second kappa shape index (κ2) is 5.76. The maximum Gasteiger partial charge on any atom is 0.127 e. The molecule has 0 saturated heterocycles. The fourth-order valence-electron chi connectivity index (χ4n) is 2.38. The standard InChI is InChI=1S/C15H22N2/c1-3-4-8-11-17-13-12-16(2)15(17)14-9-6-5-7-10-14/h5-7,9-10,12-13,15H,3-4,8,11H2,1-2H3. The lowest BCUT2D eigenvalue weighted by atomic mass is 10.1. The zero-order valence-electron chi connectivity index (χ0n) is 10.8. The minimum absolute atomic E-state index is 0.382. The first-order chi connectivity index (χ1) is 8.33. The number of hydrogen-bond donors (Lipinski definition) is 0. The first kappa shape index (κ1) is 12.0. The number of unbranched alkanes of at least 4 members (excludes halogenated alkanes) is 2. The molecule has 0 N–H and O–H groups in total. The zero-order valence-corrected chi connectivity index (χ0v) is 10.8. The fraction of sp³-hybridized carbons (Fsp3) is 0.467. The molecule has 0 amide bonds. The highest BCUT2D eigenvalue weighted by Crippen LogP contribution is 2.29. The van der Waals surface area contributed by atoms with Crippen LogP contribution < -0.4 is 0 Å². The van der Waals surface area contributed by atoms with Gasteiger partial charge in [-0.05, 0) is 12.0 Å². The lowest BCUT2D eigenvalue weighted by Gasteiger charge is -2.30. The summed E-state index contributed by atoms with van der Waals surface area (Å²) in [6, 6.07) is 10.7. The van der Waals surface area contributed by atoms with E-state index in [1.807, 2.05) is 0 Å². The number of rotatable bonds is 5. The third-order valence-electron chi connectivity index (χ3n) is 3.31. The summed E-state index contributed by atoms with van der Waals surface area (Å²) in [5, 5.41) is 0. The van der Waals surface area contributed by atoms with E-state index in [4.69, 9.17) is 0 Å². The third-order valence-corrected chi connectivity index (χ3v) is 3.31. The van der Waals surface area contributed by atoms with Crippen LogP contribution in [0, 0.1) is 0 Å². The molecular weight excluding hydrogens is 208 g/mol. The van der Waals surface area contributed by atoms with Crippen molar-refractivity contribution >= 4 is 0 Å². The molecule has 2 heteroatoms. The van der Waals surface area contributed by atoms with Crippen LogP contribution in [0.4, 0.5) is 0 Å². The minimum atomic E-state index is 0.382. The first-order valence-electron chi connectivity index (χ1n) is 6.54. The predicted octanol–water partition coefficient (Wildman–Crippen LogP) is 3.59. The molecule has 92 valence electrons. The van der Waals surface area contributed by atoms with Crippen molar-refractivity contribution in [3.63, 3.8) is 0 Å². The molecule has 1 unspecified atom stereocenters. The van der Waals surface area contributed by atoms with Gasteiger partial charge in [0.05, 0.1) is 0 Å². The molecule has 0 spiro atoms. The molecule has 0 radical (unpaired) electrons. The first-order valence-corrected chi connectivity index (χ1v) is 6.54. The molecule has 0 fully saturated rings. The Hall–Kier alpha value is -1.44. The van der Waals surface area contributed by atoms with Gasteiger partial charge in [-0.15, -0.1) is 0 Å². The average Bonchev–Trinajstić information content (AvgIpc) is 2.72. The molecule has 1 aromatic rings. The van der Waals surface area contributed by atoms with Crippen LogP contribution >= 0.6 is 0 Å². The lowest BCUT2D eigenvalue weighted by Crippen LogP contribution is -2.29. The Bertz CT molecular complexity index is 358. The molecular formula is C15H22N2. The van der Waals surface area contributed by atoms with Gasteiger partial charge in [-0.1, -0.05) is 50.1 Å². The van der Waals surface area contributed by atoms with Crippen molar-refractivity contribution in [2.24, 2.45) is 0 Å². The summed E-state index contributed by atoms with van der Waals surface area (Å²) in [6.07, 6.45) is 8.64. The predicted molar refractivity (Wildman–Crippen MR) is 72.3 cm³/mol. The molecule has 0 bridgehead atoms. The Labute approximate surface area is 105 Å². The van der Waals surface area contributed by atoms with E-state index in [0.29, 0.717) is 6.17 Å². The Morgan fingerprint density at radius 1 is 1.06 bits per heavy atom. The largest absolute Gasteiger partial charge is 0.355 e. The average molecular weight is 230 g/mol. The van der Waals surface area contributed by atoms with Gasteiger partial charge in [0.25, 0.3) is 0 Å². The van der Waals surface area contributed by atoms with E-state index in [2.05, 4.69) is 66.5 Å². The van der Waals surface area contributed by atoms with Crippen molar-refractivity contribution in [2.45, 2.75) is 32.4 Å². The van der Waals surface area contributed by atoms with Gasteiger partial charge in [-0.25, -0.2) is 0 Å². The van der Waals surface area contributed by atoms with E-state index in [0.717, 1.165) is 6.54 Å². The van der Waals surface area contributed by atoms with Crippen molar-refractivity contribution in [3.05, 3.63) is 48.3 Å². The van der Waals surface area contributed by atoms with Crippen molar-refractivity contribution in [1.82, 2.24) is 9.80 Å². The quantitative estimate of drug-likeness (QED) is 0.713. The van der Waals surface area contributed by atoms with Gasteiger partial charge in [0.1, 0.15) is 6.17 Å². The molecule has 0 saturated carbocycles. The van der Waals surface area contributed by atoms with Gasteiger partial charge in [-0.2, -0.15) is 0 Å². The molecule has 0 aliphatic carbocycles. The topological polar surface area (TPSA) is 6.48 Å². The van der Waals surface area contributed by atoms with Gasteiger partial charge in [0.2, 0.25) is 0 Å². The van der Waals surface area contributed by atoms with Crippen molar-refractivity contribution < 1.29 is 0 Å². The van der Waals surface area contributed by atoms with Crippen LogP contribution in [0.5, 0.6) is 0 Å². The Morgan fingerprint density at radius 3 is 2.53 bits per heavy atom. The van der Waals surface area contributed by atoms with Crippen LogP contribution in [0.15, 0.2) is 42.7 Å². The zero-order chi connectivity index (χ0) is 12.1. The lowest BCUT2D eigenvalue weighted by molar-refractivity contribution is 0.176. The van der Waals surface area contributed by atoms with Crippen molar-refractivity contribution in [1.29, 1.82) is 0 Å². The minimum Gasteiger partial charge on any atom is -0.355 e. The fourth-order valence-corrected chi connectivity index (χ4v) is 2.38. The second-order valence-electron chi connectivity index (χ2n) is 4.69. The Balaban J connectivity index is 2.03. The molecule has 1 aromatic carbocycles. The highest BCUT2D eigenvalue weighted by molar-refractivity contribution is 5.21. The summed E-state index contributed by atoms with van der Waals surface area (Å²) in [4.78, 5) is 4.71. The van der Waals surface area contributed by atoms with Crippen LogP contribution in [0.3, 0.4) is 0 Å². The number of benzene rings is 1. The summed E-state index contributed by atoms with van der Waals surface area (Å²) in [5.41, 5.74) is 1.37. The SMILES string of the molecule is CCCCCN1C=CN(C)C1c1ccccc1. The van der Waals surface area contributed by atoms with Gasteiger partial charge in [-0.3, -0.25) is 0 Å². The second-order valence-corrected chi connectivity index (χ2v) is 4.69. The van der Waals surface area contributed by atoms with E-state index in [1.54, 1.807) is 0 Å². The van der Waals surface area contributed by atoms with Gasteiger partial charge >= 0.3 is 0 Å². The van der Waals surface area contributed by atoms with E-state index < -0.39 is 0 Å². The van der Waals surface area contributed by atoms with Crippen LogP contribution in [-0.2, 0) is 0 Å². The Morgan fingerprint density at radius 2 is 1.82 bits per heavy atom. The highest BCUT2D eigenvalue weighted by atomic mass is 15.4. The van der Waals surface area contributed by atoms with Crippen LogP contribution in [0.1, 0.15) is 37.9 Å². The molecule has 1 aliphatic heterocycles. The summed E-state index contributed by atoms with van der Waals surface area (Å²) in [5.74, 6) is 0. The smallest absolute Gasteiger partial charge is 0.127 e. The maximum atomic E-state index is 2.44. The normalized spacial score (nSPS) is 19.1. The van der Waals surface area contributed by atoms with Crippen LogP contribution in [0.2, 0.25) is 0 Å². The van der Waals surface area contributed by atoms with E-state index >= 15 is 0 Å². The summed E-state index contributed by atoms with van der Waals surface area (Å²) >= 11 is 0. The molecule has 0 aromatic heterocycles. The highest BCUT2D eigenvalue weighted by Gasteiger charge is 2.24. The summed E-state index contributed by atoms with van der Waals surface area (Å²) in [7, 11) is 2.15. The van der Waals surface area contributed by atoms with Gasteiger partial charge < -0.3 is 9.80 Å². The number of nitrogens with zero attached hydrogens (tertiary/aromatic N) is 2. The summed E-state index contributed by atoms with van der Waals surface area (Å²) < 4.78 is 0. The molecule has 2 nitrogen and oxygen atoms in total. The van der Waals surface area contributed by atoms with Gasteiger partial charge in [0, 0.05) is 26.0 Å². The maximum absolute atomic E-state index is 2.44. The molecule has 17 heavy (non-hydrogen) atoms. The van der Waals surface area contributed by atoms with Crippen LogP contribution in [-0.4, -0.2) is 23.4 Å². The van der Waals surface area contributed by atoms with E-state index in [9.17, 15) is 0 Å². The molecule has 1 aliphatic rings. The van der Waals surface area contributed by atoms with E-state index in [-0.39, 0.29) is 0 Å². The monoisotopic (exact) mass is 230 g/mol. The Kier molecular flexibility index (Phi) is 4.08. The molecule has 2 rings (SSSR count). The third kappa shape index (κ3) is 2.82. The van der Waals surface area contributed by atoms with Crippen LogP contribution in [0.25, 0.3) is 0 Å². The molecule has 1 heterocycles. The summed E-state index contributed by atoms with van der Waals surface area (Å²) in [6.45, 7) is 3.40. The van der Waals surface area contributed by atoms with E-state index in [1.165, 1.54) is 24.8 Å². The van der Waals surface area contributed by atoms with Crippen molar-refractivity contribution in [3.8, 4) is 0 Å². The number of hydrogen-bond acceptors (Lipinski definition) is 2. The van der Waals surface area contributed by atoms with Gasteiger partial charge in [0.15, 0.2) is 0 Å². The molecule has 1 atom stereocenters. The van der Waals surface area contributed by atoms with Crippen molar-refractivity contribution in [2.75, 3.05) is 13.6 Å².